The Bertz CT molecular complexity index is 377. The minimum absolute atomic E-state index is 0. The number of hydrogen-bond donors (Lipinski definition) is 2. The smallest absolute Gasteiger partial charge is 0.127 e. The van der Waals surface area contributed by atoms with E-state index in [-0.39, 0.29) is 12.4 Å². The standard InChI is InChI=1S/C12H12N2.ClH/c13-11-5-1-9(2-6-11)10-3-7-12(14)8-4-10;/h1-8H,13-14H2;1H. The van der Waals surface area contributed by atoms with Crippen LogP contribution in [-0.4, -0.2) is 0 Å². The highest BCUT2D eigenvalue weighted by molar-refractivity contribution is 5.66. The van der Waals surface area contributed by atoms with Gasteiger partial charge in [-0.15, -0.1) is 0 Å². The van der Waals surface area contributed by atoms with Gasteiger partial charge in [-0.3, -0.25) is 0 Å². The molecule has 2 aromatic carbocycles. The molecule has 0 bridgehead atoms. The van der Waals surface area contributed by atoms with Crippen LogP contribution in [-0.2, 0) is 0 Å². The zero-order chi connectivity index (χ0) is 9.97. The molecular weight excluding hydrogens is 208 g/mol. The number of hydrogen-bond acceptors (Lipinski definition) is 1. The van der Waals surface area contributed by atoms with E-state index in [2.05, 4.69) is 17.9 Å². The number of benzene rings is 2. The molecule has 0 spiro atoms. The van der Waals surface area contributed by atoms with Gasteiger partial charge in [0, 0.05) is 5.69 Å². The molecule has 0 fully saturated rings. The third-order valence-electron chi connectivity index (χ3n) is 2.20. The molecule has 0 saturated heterocycles. The molecule has 2 aromatic rings. The Morgan fingerprint density at radius 3 is 1.60 bits per heavy atom. The van der Waals surface area contributed by atoms with Crippen LogP contribution in [0, 0.1) is 0 Å². The van der Waals surface area contributed by atoms with Crippen LogP contribution in [0.2, 0.25) is 0 Å². The molecular formula is C12H13ClN2. The van der Waals surface area contributed by atoms with E-state index >= 15 is 0 Å². The number of anilines is 1. The van der Waals surface area contributed by atoms with Gasteiger partial charge in [0.1, 0.15) is 5.69 Å². The van der Waals surface area contributed by atoms with E-state index in [1.54, 1.807) is 0 Å². The first-order valence-electron chi connectivity index (χ1n) is 4.53. The summed E-state index contributed by atoms with van der Waals surface area (Å²) in [4.78, 5) is 0. The SMILES string of the molecule is Nc1ccc(-c2ccc([NH3+])cc2)cc1.[Cl-]. The fourth-order valence-electron chi connectivity index (χ4n) is 1.37. The molecule has 5 N–H and O–H groups in total. The lowest BCUT2D eigenvalue weighted by atomic mass is 10.1. The largest absolute Gasteiger partial charge is 1.00 e. The van der Waals surface area contributed by atoms with Crippen molar-refractivity contribution >= 4 is 11.4 Å². The lowest BCUT2D eigenvalue weighted by Gasteiger charge is -2.01. The molecule has 3 heteroatoms. The van der Waals surface area contributed by atoms with Crippen LogP contribution in [0.15, 0.2) is 48.5 Å². The summed E-state index contributed by atoms with van der Waals surface area (Å²) in [5.41, 5.74) is 13.7. The predicted octanol–water partition coefficient (Wildman–Crippen LogP) is -1.19. The highest BCUT2D eigenvalue weighted by Crippen LogP contribution is 2.20. The van der Waals surface area contributed by atoms with Gasteiger partial charge >= 0.3 is 0 Å². The van der Waals surface area contributed by atoms with Gasteiger partial charge in [0.05, 0.1) is 0 Å². The van der Waals surface area contributed by atoms with Crippen LogP contribution in [0.1, 0.15) is 0 Å². The normalized spacial score (nSPS) is 9.40. The Morgan fingerprint density at radius 1 is 0.733 bits per heavy atom. The first-order valence-corrected chi connectivity index (χ1v) is 4.53. The van der Waals surface area contributed by atoms with Crippen LogP contribution < -0.4 is 23.9 Å². The van der Waals surface area contributed by atoms with Crippen molar-refractivity contribution in [1.29, 1.82) is 0 Å². The lowest BCUT2D eigenvalue weighted by molar-refractivity contribution is -0.254. The molecule has 0 aliphatic rings. The van der Waals surface area contributed by atoms with Gasteiger partial charge in [0.15, 0.2) is 0 Å². The Balaban J connectivity index is 0.00000112. The number of rotatable bonds is 1. The van der Waals surface area contributed by atoms with Gasteiger partial charge in [0.25, 0.3) is 0 Å². The summed E-state index contributed by atoms with van der Waals surface area (Å²) in [6, 6.07) is 16.0. The zero-order valence-corrected chi connectivity index (χ0v) is 9.04. The quantitative estimate of drug-likeness (QED) is 0.584. The second kappa shape index (κ2) is 4.82. The summed E-state index contributed by atoms with van der Waals surface area (Å²) in [5.74, 6) is 0. The molecule has 0 amide bonds. The van der Waals surface area contributed by atoms with Crippen LogP contribution in [0.5, 0.6) is 0 Å². The summed E-state index contributed by atoms with van der Waals surface area (Å²) >= 11 is 0. The first-order chi connectivity index (χ1) is 6.75. The monoisotopic (exact) mass is 220 g/mol. The van der Waals surface area contributed by atoms with Crippen molar-refractivity contribution in [3.05, 3.63) is 48.5 Å². The number of halogens is 1. The van der Waals surface area contributed by atoms with Gasteiger partial charge in [0.2, 0.25) is 0 Å². The average Bonchev–Trinajstić information content (AvgIpc) is 2.21. The van der Waals surface area contributed by atoms with Crippen molar-refractivity contribution in [3.8, 4) is 11.1 Å². The molecule has 2 rings (SSSR count). The van der Waals surface area contributed by atoms with Gasteiger partial charge in [-0.05, 0) is 47.5 Å². The van der Waals surface area contributed by atoms with E-state index in [1.807, 2.05) is 36.4 Å². The summed E-state index contributed by atoms with van der Waals surface area (Å²) in [6.45, 7) is 0. The summed E-state index contributed by atoms with van der Waals surface area (Å²) < 4.78 is 0. The van der Waals surface area contributed by atoms with E-state index in [4.69, 9.17) is 5.73 Å². The van der Waals surface area contributed by atoms with Crippen LogP contribution in [0.3, 0.4) is 0 Å². The summed E-state index contributed by atoms with van der Waals surface area (Å²) in [7, 11) is 0. The molecule has 0 aromatic heterocycles. The number of quaternary nitrogens is 1. The van der Waals surface area contributed by atoms with Crippen molar-refractivity contribution in [1.82, 2.24) is 0 Å². The van der Waals surface area contributed by atoms with E-state index in [1.165, 1.54) is 11.1 Å². The predicted molar refractivity (Wildman–Crippen MR) is 58.8 cm³/mol. The minimum atomic E-state index is 0. The topological polar surface area (TPSA) is 53.7 Å². The second-order valence-corrected chi connectivity index (χ2v) is 3.32. The van der Waals surface area contributed by atoms with Crippen molar-refractivity contribution in [2.75, 3.05) is 5.73 Å². The highest BCUT2D eigenvalue weighted by atomic mass is 35.5. The maximum atomic E-state index is 5.62. The number of nitrogens with two attached hydrogens (primary N) is 1. The molecule has 2 nitrogen and oxygen atoms in total. The van der Waals surface area contributed by atoms with Gasteiger partial charge < -0.3 is 23.9 Å². The van der Waals surface area contributed by atoms with E-state index in [0.29, 0.717) is 0 Å². The summed E-state index contributed by atoms with van der Waals surface area (Å²) in [5, 5.41) is 0. The Kier molecular flexibility index (Phi) is 3.72. The molecule has 78 valence electrons. The fourth-order valence-corrected chi connectivity index (χ4v) is 1.37. The average molecular weight is 221 g/mol. The lowest BCUT2D eigenvalue weighted by Crippen LogP contribution is -3.00. The third kappa shape index (κ3) is 2.72. The highest BCUT2D eigenvalue weighted by Gasteiger charge is 1.96. The van der Waals surface area contributed by atoms with Gasteiger partial charge in [-0.25, -0.2) is 0 Å². The first kappa shape index (κ1) is 11.6. The molecule has 0 aliphatic heterocycles. The summed E-state index contributed by atoms with van der Waals surface area (Å²) in [6.07, 6.45) is 0. The maximum Gasteiger partial charge on any atom is 0.127 e. The van der Waals surface area contributed by atoms with E-state index in [9.17, 15) is 0 Å². The van der Waals surface area contributed by atoms with Crippen molar-refractivity contribution in [2.45, 2.75) is 0 Å². The molecule has 0 radical (unpaired) electrons. The van der Waals surface area contributed by atoms with Gasteiger partial charge in [-0.1, -0.05) is 12.1 Å². The van der Waals surface area contributed by atoms with Crippen molar-refractivity contribution < 1.29 is 18.1 Å². The van der Waals surface area contributed by atoms with E-state index < -0.39 is 0 Å². The van der Waals surface area contributed by atoms with E-state index in [0.717, 1.165) is 11.4 Å². The maximum absolute atomic E-state index is 5.62. The third-order valence-corrected chi connectivity index (χ3v) is 2.20. The van der Waals surface area contributed by atoms with Crippen molar-refractivity contribution in [2.24, 2.45) is 0 Å². The molecule has 0 saturated carbocycles. The second-order valence-electron chi connectivity index (χ2n) is 3.32. The van der Waals surface area contributed by atoms with Crippen LogP contribution in [0.25, 0.3) is 11.1 Å². The molecule has 0 heterocycles. The van der Waals surface area contributed by atoms with Crippen LogP contribution in [0.4, 0.5) is 11.4 Å². The minimum Gasteiger partial charge on any atom is -1.00 e. The van der Waals surface area contributed by atoms with Crippen LogP contribution >= 0.6 is 0 Å². The Morgan fingerprint density at radius 2 is 1.13 bits per heavy atom. The molecule has 0 atom stereocenters. The zero-order valence-electron chi connectivity index (χ0n) is 8.28. The molecule has 0 aliphatic carbocycles. The fraction of sp³-hybridized carbons (Fsp3) is 0. The molecule has 0 unspecified atom stereocenters. The number of nitrogen functional groups attached to an aromatic ring is 1. The Hall–Kier alpha value is -1.51. The molecule has 15 heavy (non-hydrogen) atoms. The van der Waals surface area contributed by atoms with Crippen molar-refractivity contribution in [3.63, 3.8) is 0 Å². The van der Waals surface area contributed by atoms with Gasteiger partial charge in [-0.2, -0.15) is 0 Å². The Labute approximate surface area is 95.3 Å².